The zero-order valence-electron chi connectivity index (χ0n) is 15.8. The fraction of sp³-hybridized carbons (Fsp3) is 0.227. The molecule has 0 aliphatic carbocycles. The Labute approximate surface area is 172 Å². The van der Waals surface area contributed by atoms with Gasteiger partial charge in [-0.25, -0.2) is 9.78 Å². The van der Waals surface area contributed by atoms with Crippen LogP contribution in [0.25, 0.3) is 0 Å². The summed E-state index contributed by atoms with van der Waals surface area (Å²) < 4.78 is 16.3. The number of carbonyl (C=O) groups excluding carboxylic acids is 2. The molecular weight excluding hydrogens is 390 g/mol. The van der Waals surface area contributed by atoms with Crippen molar-refractivity contribution < 1.29 is 23.8 Å². The predicted octanol–water partition coefficient (Wildman–Crippen LogP) is 4.01. The van der Waals surface area contributed by atoms with E-state index in [1.54, 1.807) is 53.8 Å². The van der Waals surface area contributed by atoms with E-state index in [-0.39, 0.29) is 12.4 Å². The number of aryl methyl sites for hydroxylation is 1. The first-order valence-corrected chi connectivity index (χ1v) is 10.1. The lowest BCUT2D eigenvalue weighted by Crippen LogP contribution is -2.14. The smallest absolute Gasteiger partial charge is 0.338 e. The van der Waals surface area contributed by atoms with E-state index in [0.29, 0.717) is 30.1 Å². The average molecular weight is 409 g/mol. The first kappa shape index (κ1) is 19.1. The van der Waals surface area contributed by atoms with Gasteiger partial charge >= 0.3 is 5.97 Å². The topological polar surface area (TPSA) is 74.7 Å². The Morgan fingerprint density at radius 3 is 2.69 bits per heavy atom. The molecule has 0 atom stereocenters. The minimum Gasteiger partial charge on any atom is -0.493 e. The van der Waals surface area contributed by atoms with Crippen LogP contribution in [0.15, 0.2) is 47.8 Å². The van der Waals surface area contributed by atoms with Crippen LogP contribution >= 0.6 is 11.3 Å². The summed E-state index contributed by atoms with van der Waals surface area (Å²) in [4.78, 5) is 28.9. The molecule has 0 amide bonds. The number of carbonyl (C=O) groups is 2. The van der Waals surface area contributed by atoms with Gasteiger partial charge in [-0.15, -0.1) is 11.3 Å². The van der Waals surface area contributed by atoms with Crippen LogP contribution in [-0.4, -0.2) is 30.0 Å². The lowest BCUT2D eigenvalue weighted by molar-refractivity contribution is 0.0474. The summed E-state index contributed by atoms with van der Waals surface area (Å²) in [7, 11) is 0. The third kappa shape index (κ3) is 4.63. The molecule has 0 fully saturated rings. The van der Waals surface area contributed by atoms with Gasteiger partial charge in [-0.2, -0.15) is 0 Å². The van der Waals surface area contributed by atoms with Gasteiger partial charge in [0.25, 0.3) is 0 Å². The van der Waals surface area contributed by atoms with Crippen LogP contribution < -0.4 is 9.47 Å². The Morgan fingerprint density at radius 1 is 1.14 bits per heavy atom. The molecule has 29 heavy (non-hydrogen) atoms. The third-order valence-electron chi connectivity index (χ3n) is 4.49. The van der Waals surface area contributed by atoms with Crippen molar-refractivity contribution in [3.8, 4) is 11.5 Å². The van der Waals surface area contributed by atoms with Crippen molar-refractivity contribution in [3.05, 3.63) is 75.2 Å². The Balaban J connectivity index is 1.29. The number of hydrogen-bond acceptors (Lipinski definition) is 7. The predicted molar refractivity (Wildman–Crippen MR) is 108 cm³/mol. The second-order valence-corrected chi connectivity index (χ2v) is 7.65. The molecule has 2 aromatic carbocycles. The highest BCUT2D eigenvalue weighted by molar-refractivity contribution is 7.09. The summed E-state index contributed by atoms with van der Waals surface area (Å²) in [5.74, 6) is 0.644. The van der Waals surface area contributed by atoms with Crippen LogP contribution in [0.1, 0.15) is 37.0 Å². The second kappa shape index (κ2) is 8.45. The summed E-state index contributed by atoms with van der Waals surface area (Å²) in [6.07, 6.45) is 0.784. The van der Waals surface area contributed by atoms with Crippen LogP contribution in [0, 0.1) is 6.92 Å². The molecule has 0 N–H and O–H groups in total. The summed E-state index contributed by atoms with van der Waals surface area (Å²) in [5.41, 5.74) is 2.75. The number of fused-ring (bicyclic) bond motifs is 1. The molecule has 3 aromatic rings. The summed E-state index contributed by atoms with van der Waals surface area (Å²) >= 11 is 1.57. The Kier molecular flexibility index (Phi) is 5.57. The van der Waals surface area contributed by atoms with E-state index in [9.17, 15) is 9.59 Å². The fourth-order valence-electron chi connectivity index (χ4n) is 2.98. The number of nitrogens with zero attached hydrogens (tertiary/aromatic N) is 1. The first-order chi connectivity index (χ1) is 14.1. The largest absolute Gasteiger partial charge is 0.493 e. The molecule has 0 saturated carbocycles. The maximum atomic E-state index is 12.3. The summed E-state index contributed by atoms with van der Waals surface area (Å²) in [6, 6.07) is 11.9. The minimum atomic E-state index is -0.551. The number of hydrogen-bond donors (Lipinski definition) is 0. The molecule has 1 aliphatic heterocycles. The molecule has 2 heterocycles. The van der Waals surface area contributed by atoms with E-state index < -0.39 is 5.97 Å². The van der Waals surface area contributed by atoms with E-state index in [4.69, 9.17) is 14.2 Å². The van der Waals surface area contributed by atoms with Crippen LogP contribution in [0.2, 0.25) is 0 Å². The number of esters is 1. The summed E-state index contributed by atoms with van der Waals surface area (Å²) in [6.45, 7) is 2.64. The first-order valence-electron chi connectivity index (χ1n) is 9.18. The number of rotatable bonds is 7. The average Bonchev–Trinajstić information content (AvgIpc) is 3.38. The number of Topliss-reactive ketones (excluding diaryl/α,β-unsaturated/α-hetero) is 1. The number of ketones is 1. The van der Waals surface area contributed by atoms with Crippen molar-refractivity contribution in [1.29, 1.82) is 0 Å². The minimum absolute atomic E-state index is 0.244. The molecule has 148 valence electrons. The quantitative estimate of drug-likeness (QED) is 0.434. The van der Waals surface area contributed by atoms with E-state index in [0.717, 1.165) is 28.4 Å². The van der Waals surface area contributed by atoms with E-state index in [2.05, 4.69) is 4.98 Å². The molecule has 0 saturated heterocycles. The van der Waals surface area contributed by atoms with Crippen LogP contribution in [-0.2, 0) is 17.8 Å². The molecule has 1 aliphatic rings. The Morgan fingerprint density at radius 2 is 1.93 bits per heavy atom. The number of thiazole rings is 1. The molecule has 0 spiro atoms. The van der Waals surface area contributed by atoms with Gasteiger partial charge in [0.2, 0.25) is 0 Å². The van der Waals surface area contributed by atoms with Gasteiger partial charge in [-0.05, 0) is 55.0 Å². The van der Waals surface area contributed by atoms with Crippen molar-refractivity contribution in [2.45, 2.75) is 20.0 Å². The highest BCUT2D eigenvalue weighted by Crippen LogP contribution is 2.26. The van der Waals surface area contributed by atoms with Gasteiger partial charge in [-0.1, -0.05) is 0 Å². The molecule has 0 bridgehead atoms. The maximum absolute atomic E-state index is 12.3. The van der Waals surface area contributed by atoms with Crippen LogP contribution in [0.3, 0.4) is 0 Å². The zero-order valence-corrected chi connectivity index (χ0v) is 16.7. The van der Waals surface area contributed by atoms with Crippen LogP contribution in [0.5, 0.6) is 11.5 Å². The standard InChI is InChI=1S/C22H19NO5S/c1-14-23-18(13-29-14)11-27-19-5-2-15(3-6-19)22(25)28-12-20(24)16-4-7-21-17(10-16)8-9-26-21/h2-7,10,13H,8-9,11-12H2,1H3. The van der Waals surface area contributed by atoms with Crippen molar-refractivity contribution in [2.24, 2.45) is 0 Å². The maximum Gasteiger partial charge on any atom is 0.338 e. The fourth-order valence-corrected chi connectivity index (χ4v) is 3.57. The van der Waals surface area contributed by atoms with Gasteiger partial charge in [0.1, 0.15) is 18.1 Å². The molecule has 0 unspecified atom stereocenters. The lowest BCUT2D eigenvalue weighted by Gasteiger charge is -2.07. The van der Waals surface area contributed by atoms with Gasteiger partial charge in [-0.3, -0.25) is 4.79 Å². The van der Waals surface area contributed by atoms with E-state index >= 15 is 0 Å². The van der Waals surface area contributed by atoms with Gasteiger partial charge in [0, 0.05) is 17.4 Å². The lowest BCUT2D eigenvalue weighted by atomic mass is 10.1. The van der Waals surface area contributed by atoms with Crippen LogP contribution in [0.4, 0.5) is 0 Å². The van der Waals surface area contributed by atoms with Gasteiger partial charge < -0.3 is 14.2 Å². The number of aromatic nitrogens is 1. The van der Waals surface area contributed by atoms with Crippen molar-refractivity contribution >= 4 is 23.1 Å². The Hall–Kier alpha value is -3.19. The third-order valence-corrected chi connectivity index (χ3v) is 5.31. The molecule has 4 rings (SSSR count). The number of benzene rings is 2. The molecule has 7 heteroatoms. The monoisotopic (exact) mass is 409 g/mol. The van der Waals surface area contributed by atoms with E-state index in [1.807, 2.05) is 12.3 Å². The number of ether oxygens (including phenoxy) is 3. The normalized spacial score (nSPS) is 12.2. The summed E-state index contributed by atoms with van der Waals surface area (Å²) in [5, 5.41) is 2.94. The van der Waals surface area contributed by atoms with Crippen molar-refractivity contribution in [2.75, 3.05) is 13.2 Å². The Bertz CT molecular complexity index is 1040. The highest BCUT2D eigenvalue weighted by Gasteiger charge is 2.16. The molecule has 1 aromatic heterocycles. The SMILES string of the molecule is Cc1nc(COc2ccc(C(=O)OCC(=O)c3ccc4c(c3)CCO4)cc2)cs1. The van der Waals surface area contributed by atoms with Crippen molar-refractivity contribution in [3.63, 3.8) is 0 Å². The zero-order chi connectivity index (χ0) is 20.2. The van der Waals surface area contributed by atoms with Crippen molar-refractivity contribution in [1.82, 2.24) is 4.98 Å². The van der Waals surface area contributed by atoms with E-state index in [1.165, 1.54) is 0 Å². The molecule has 0 radical (unpaired) electrons. The molecule has 6 nitrogen and oxygen atoms in total. The molecular formula is C22H19NO5S. The van der Waals surface area contributed by atoms with Gasteiger partial charge in [0.05, 0.1) is 22.9 Å². The second-order valence-electron chi connectivity index (χ2n) is 6.59. The highest BCUT2D eigenvalue weighted by atomic mass is 32.1. The van der Waals surface area contributed by atoms with Gasteiger partial charge in [0.15, 0.2) is 12.4 Å².